The third kappa shape index (κ3) is 4.87. The maximum atomic E-state index is 6.19. The monoisotopic (exact) mass is 634 g/mol. The fourth-order valence-electron chi connectivity index (χ4n) is 7.52. The van der Waals surface area contributed by atoms with Crippen LogP contribution in [0.15, 0.2) is 165 Å². The van der Waals surface area contributed by atoms with Gasteiger partial charge in [-0.25, -0.2) is 0 Å². The Morgan fingerprint density at radius 1 is 0.625 bits per heavy atom. The summed E-state index contributed by atoms with van der Waals surface area (Å²) in [6.07, 6.45) is 19.8. The maximum absolute atomic E-state index is 6.19. The third-order valence-electron chi connectivity index (χ3n) is 9.84. The molecule has 1 nitrogen and oxygen atoms in total. The number of allylic oxidation sites excluding steroid dienone is 12. The molecule has 230 valence electrons. The Balaban J connectivity index is 1.12. The number of furan rings is 1. The van der Waals surface area contributed by atoms with E-state index >= 15 is 0 Å². The van der Waals surface area contributed by atoms with Crippen LogP contribution in [0.1, 0.15) is 37.0 Å². The van der Waals surface area contributed by atoms with Gasteiger partial charge < -0.3 is 4.42 Å². The lowest BCUT2D eigenvalue weighted by Gasteiger charge is -2.18. The number of rotatable bonds is 4. The molecule has 0 N–H and O–H groups in total. The van der Waals surface area contributed by atoms with Crippen molar-refractivity contribution < 1.29 is 4.42 Å². The second kappa shape index (κ2) is 11.7. The van der Waals surface area contributed by atoms with Crippen LogP contribution in [0.4, 0.5) is 0 Å². The number of para-hydroxylation sites is 1. The van der Waals surface area contributed by atoms with Gasteiger partial charge in [-0.3, -0.25) is 0 Å². The highest BCUT2D eigenvalue weighted by Gasteiger charge is 2.21. The van der Waals surface area contributed by atoms with E-state index in [2.05, 4.69) is 153 Å². The summed E-state index contributed by atoms with van der Waals surface area (Å²) >= 11 is 1.91. The Bertz CT molecular complexity index is 2590. The number of benzene rings is 6. The zero-order chi connectivity index (χ0) is 32.2. The normalized spacial score (nSPS) is 16.9. The summed E-state index contributed by atoms with van der Waals surface area (Å²) in [5, 5.41) is 10.1. The molecule has 0 spiro atoms. The summed E-state index contributed by atoms with van der Waals surface area (Å²) in [4.78, 5) is 2.74. The molecule has 0 radical (unpaired) electrons. The number of hydrogen-bond acceptors (Lipinski definition) is 2. The van der Waals surface area contributed by atoms with Crippen LogP contribution in [-0.2, 0) is 6.42 Å². The zero-order valence-electron chi connectivity index (χ0n) is 27.1. The van der Waals surface area contributed by atoms with Crippen LogP contribution < -0.4 is 0 Å². The van der Waals surface area contributed by atoms with E-state index in [0.29, 0.717) is 0 Å². The van der Waals surface area contributed by atoms with Crippen molar-refractivity contribution in [1.82, 2.24) is 0 Å². The summed E-state index contributed by atoms with van der Waals surface area (Å²) in [7, 11) is 0. The van der Waals surface area contributed by atoms with E-state index in [1.165, 1.54) is 86.3 Å². The molecule has 0 saturated heterocycles. The van der Waals surface area contributed by atoms with E-state index in [9.17, 15) is 0 Å². The largest absolute Gasteiger partial charge is 0.456 e. The molecule has 0 amide bonds. The highest BCUT2D eigenvalue weighted by molar-refractivity contribution is 8.03. The Hall–Kier alpha value is -5.31. The zero-order valence-corrected chi connectivity index (χ0v) is 27.9. The van der Waals surface area contributed by atoms with E-state index in [0.717, 1.165) is 24.0 Å². The van der Waals surface area contributed by atoms with Gasteiger partial charge in [-0.1, -0.05) is 139 Å². The molecule has 48 heavy (non-hydrogen) atoms. The molecular formula is C46H34OS. The van der Waals surface area contributed by atoms with Crippen molar-refractivity contribution in [3.8, 4) is 0 Å². The molecule has 0 bridgehead atoms. The van der Waals surface area contributed by atoms with Crippen molar-refractivity contribution in [3.63, 3.8) is 0 Å². The van der Waals surface area contributed by atoms with Crippen LogP contribution in [0, 0.1) is 0 Å². The topological polar surface area (TPSA) is 13.1 Å². The van der Waals surface area contributed by atoms with Gasteiger partial charge in [0.15, 0.2) is 0 Å². The Kier molecular flexibility index (Phi) is 7.06. The van der Waals surface area contributed by atoms with Gasteiger partial charge in [0, 0.05) is 22.1 Å². The molecule has 2 aliphatic rings. The molecule has 6 aromatic carbocycles. The van der Waals surface area contributed by atoms with Crippen LogP contribution in [-0.4, -0.2) is 0 Å². The summed E-state index contributed by atoms with van der Waals surface area (Å²) in [5.74, 6) is 0. The van der Waals surface area contributed by atoms with Crippen LogP contribution in [0.25, 0.3) is 65.4 Å². The second-order valence-corrected chi connectivity index (χ2v) is 14.0. The highest BCUT2D eigenvalue weighted by Crippen LogP contribution is 2.46. The number of thioether (sulfide) groups is 1. The molecule has 0 saturated carbocycles. The molecule has 0 atom stereocenters. The van der Waals surface area contributed by atoms with Crippen LogP contribution >= 0.6 is 11.8 Å². The van der Waals surface area contributed by atoms with E-state index in [-0.39, 0.29) is 0 Å². The van der Waals surface area contributed by atoms with Gasteiger partial charge >= 0.3 is 0 Å². The lowest BCUT2D eigenvalue weighted by molar-refractivity contribution is 0.669. The minimum absolute atomic E-state index is 0.944. The molecule has 2 heterocycles. The van der Waals surface area contributed by atoms with Crippen molar-refractivity contribution in [2.24, 2.45) is 0 Å². The summed E-state index contributed by atoms with van der Waals surface area (Å²) in [6, 6.07) is 35.3. The maximum Gasteiger partial charge on any atom is 0.136 e. The van der Waals surface area contributed by atoms with Gasteiger partial charge in [-0.05, 0) is 109 Å². The van der Waals surface area contributed by atoms with Crippen molar-refractivity contribution in [1.29, 1.82) is 0 Å². The molecule has 9 rings (SSSR count). The average molecular weight is 635 g/mol. The van der Waals surface area contributed by atoms with Crippen molar-refractivity contribution in [2.75, 3.05) is 0 Å². The fourth-order valence-corrected chi connectivity index (χ4v) is 8.70. The number of hydrogen-bond donors (Lipinski definition) is 0. The molecule has 0 unspecified atom stereocenters. The smallest absolute Gasteiger partial charge is 0.136 e. The average Bonchev–Trinajstić information content (AvgIpc) is 3.72. The molecular weight excluding hydrogens is 601 g/mol. The van der Waals surface area contributed by atoms with Gasteiger partial charge in [0.2, 0.25) is 0 Å². The van der Waals surface area contributed by atoms with E-state index in [1.54, 1.807) is 0 Å². The predicted molar refractivity (Wildman–Crippen MR) is 209 cm³/mol. The predicted octanol–water partition coefficient (Wildman–Crippen LogP) is 13.5. The fraction of sp³-hybridized carbons (Fsp3) is 0.0870. The van der Waals surface area contributed by atoms with E-state index in [1.807, 2.05) is 17.8 Å². The Morgan fingerprint density at radius 3 is 1.94 bits per heavy atom. The van der Waals surface area contributed by atoms with Crippen molar-refractivity contribution in [3.05, 3.63) is 173 Å². The lowest BCUT2D eigenvalue weighted by atomic mass is 9.86. The summed E-state index contributed by atoms with van der Waals surface area (Å²) in [6.45, 7) is 4.52. The third-order valence-corrected chi connectivity index (χ3v) is 11.1. The molecule has 2 heteroatoms. The molecule has 0 fully saturated rings. The minimum atomic E-state index is 0.944. The van der Waals surface area contributed by atoms with Crippen LogP contribution in [0.2, 0.25) is 0 Å². The highest BCUT2D eigenvalue weighted by atomic mass is 32.2. The van der Waals surface area contributed by atoms with Gasteiger partial charge in [0.05, 0.1) is 0 Å². The van der Waals surface area contributed by atoms with Gasteiger partial charge in [-0.2, -0.15) is 0 Å². The molecule has 7 aromatic rings. The first-order valence-corrected chi connectivity index (χ1v) is 17.5. The molecule has 1 aliphatic carbocycles. The second-order valence-electron chi connectivity index (χ2n) is 12.9. The first-order chi connectivity index (χ1) is 23.6. The standard InChI is InChI=1S/C46H34OS/c1-29(20-22-31-12-4-3-5-13-31)44-36-15-6-8-17-38(36)45(39-18-9-7-16-37(39)44)30(2)21-25-34-26-33-24-23-32-27-43-41(28-40(32)46(33)48-34)35-14-10-11-19-42(35)47-43/h3-12,14-25,27-28H,13,26H2,1-2H3/b29-20+,30-21+,31-22-,34-25+. The van der Waals surface area contributed by atoms with Crippen LogP contribution in [0.3, 0.4) is 0 Å². The summed E-state index contributed by atoms with van der Waals surface area (Å²) in [5.41, 5.74) is 9.81. The Morgan fingerprint density at radius 2 is 1.27 bits per heavy atom. The SMILES string of the molecule is C/C(=C\C=C1\C=CC=CC1)c1c2ccccc2c(/C(C)=C/C=C2\Cc3ccc4cc5oc6ccccc6c5cc4c3S2)c2ccccc12. The van der Waals surface area contributed by atoms with Gasteiger partial charge in [-0.15, -0.1) is 0 Å². The minimum Gasteiger partial charge on any atom is -0.456 e. The molecule has 1 aromatic heterocycles. The van der Waals surface area contributed by atoms with Crippen LogP contribution in [0.5, 0.6) is 0 Å². The van der Waals surface area contributed by atoms with Gasteiger partial charge in [0.25, 0.3) is 0 Å². The molecule has 1 aliphatic heterocycles. The van der Waals surface area contributed by atoms with Crippen molar-refractivity contribution in [2.45, 2.75) is 31.6 Å². The van der Waals surface area contributed by atoms with Crippen molar-refractivity contribution >= 4 is 77.2 Å². The first-order valence-electron chi connectivity index (χ1n) is 16.7. The first kappa shape index (κ1) is 28.9. The lowest BCUT2D eigenvalue weighted by Crippen LogP contribution is -1.94. The van der Waals surface area contributed by atoms with Gasteiger partial charge in [0.1, 0.15) is 11.2 Å². The van der Waals surface area contributed by atoms with E-state index < -0.39 is 0 Å². The Labute approximate surface area is 285 Å². The number of fused-ring (bicyclic) bond motifs is 8. The summed E-state index contributed by atoms with van der Waals surface area (Å²) < 4.78 is 6.19. The van der Waals surface area contributed by atoms with E-state index in [4.69, 9.17) is 4.42 Å². The quantitative estimate of drug-likeness (QED) is 0.179.